The molecular formula is C29H26O9. The average molecular weight is 519 g/mol. The van der Waals surface area contributed by atoms with Crippen LogP contribution >= 0.6 is 0 Å². The zero-order valence-electron chi connectivity index (χ0n) is 21.6. The molecular weight excluding hydrogens is 492 g/mol. The summed E-state index contributed by atoms with van der Waals surface area (Å²) in [6.45, 7) is 0. The first-order valence-corrected chi connectivity index (χ1v) is 11.8. The van der Waals surface area contributed by atoms with E-state index in [1.807, 2.05) is 0 Å². The maximum Gasteiger partial charge on any atom is 0.312 e. The molecule has 9 heteroatoms. The summed E-state index contributed by atoms with van der Waals surface area (Å²) in [6.07, 6.45) is 1.64. The summed E-state index contributed by atoms with van der Waals surface area (Å²) in [4.78, 5) is 26.0. The molecule has 9 nitrogen and oxygen atoms in total. The van der Waals surface area contributed by atoms with E-state index in [0.717, 1.165) is 0 Å². The molecule has 2 aliphatic rings. The van der Waals surface area contributed by atoms with Crippen molar-refractivity contribution in [2.75, 3.05) is 35.5 Å². The second kappa shape index (κ2) is 10.0. The van der Waals surface area contributed by atoms with Crippen LogP contribution < -0.4 is 33.2 Å². The second-order valence-corrected chi connectivity index (χ2v) is 8.57. The van der Waals surface area contributed by atoms with E-state index in [1.165, 1.54) is 28.4 Å². The first kappa shape index (κ1) is 25.0. The maximum absolute atomic E-state index is 13.4. The number of methoxy groups -OCH3 is 5. The van der Waals surface area contributed by atoms with Gasteiger partial charge in [-0.25, -0.2) is 0 Å². The molecule has 0 aromatic heterocycles. The third-order valence-electron chi connectivity index (χ3n) is 6.59. The van der Waals surface area contributed by atoms with Gasteiger partial charge in [-0.1, -0.05) is 12.1 Å². The van der Waals surface area contributed by atoms with Crippen molar-refractivity contribution in [3.05, 3.63) is 70.5 Å². The number of allylic oxidation sites excluding steroid dienone is 1. The number of Topliss-reactive ketones (excluding diaryl/α,β-unsaturated/α-hetero) is 1. The zero-order valence-corrected chi connectivity index (χ0v) is 21.6. The Bertz CT molecular complexity index is 1450. The summed E-state index contributed by atoms with van der Waals surface area (Å²) >= 11 is 0. The highest BCUT2D eigenvalue weighted by molar-refractivity contribution is 6.15. The van der Waals surface area contributed by atoms with Crippen LogP contribution in [0.15, 0.2) is 48.2 Å². The lowest BCUT2D eigenvalue weighted by Gasteiger charge is -2.27. The number of ketones is 1. The van der Waals surface area contributed by atoms with Crippen molar-refractivity contribution in [2.24, 2.45) is 0 Å². The summed E-state index contributed by atoms with van der Waals surface area (Å²) < 4.78 is 39.1. The number of hydrogen-bond acceptors (Lipinski definition) is 9. The lowest BCUT2D eigenvalue weighted by atomic mass is 9.84. The molecule has 0 N–H and O–H groups in total. The molecule has 3 aromatic carbocycles. The van der Waals surface area contributed by atoms with E-state index in [4.69, 9.17) is 33.2 Å². The summed E-state index contributed by atoms with van der Waals surface area (Å²) in [7, 11) is 7.63. The fraction of sp³-hybridized carbons (Fsp3) is 0.241. The Kier molecular flexibility index (Phi) is 6.59. The number of benzene rings is 3. The number of carbonyl (C=O) groups is 2. The predicted octanol–water partition coefficient (Wildman–Crippen LogP) is 4.79. The van der Waals surface area contributed by atoms with Crippen molar-refractivity contribution in [1.82, 2.24) is 0 Å². The first-order valence-electron chi connectivity index (χ1n) is 11.8. The molecule has 2 aliphatic heterocycles. The Morgan fingerprint density at radius 1 is 0.789 bits per heavy atom. The summed E-state index contributed by atoms with van der Waals surface area (Å²) in [5.74, 6) is 1.89. The highest BCUT2D eigenvalue weighted by Crippen LogP contribution is 2.51. The van der Waals surface area contributed by atoms with Gasteiger partial charge >= 0.3 is 5.97 Å². The number of ether oxygens (including phenoxy) is 7. The number of carbonyl (C=O) groups excluding carboxylic acids is 2. The Morgan fingerprint density at radius 3 is 2.11 bits per heavy atom. The smallest absolute Gasteiger partial charge is 0.312 e. The van der Waals surface area contributed by atoms with Crippen LogP contribution in [0, 0.1) is 0 Å². The van der Waals surface area contributed by atoms with Gasteiger partial charge in [0.05, 0.1) is 47.5 Å². The monoisotopic (exact) mass is 518 g/mol. The minimum absolute atomic E-state index is 0.0302. The number of hydrogen-bond donors (Lipinski definition) is 0. The summed E-state index contributed by atoms with van der Waals surface area (Å²) in [6, 6.07) is 12.1. The van der Waals surface area contributed by atoms with Crippen LogP contribution in [-0.2, 0) is 4.79 Å². The lowest BCUT2D eigenvalue weighted by Crippen LogP contribution is -2.21. The highest BCUT2D eigenvalue weighted by atomic mass is 16.5. The van der Waals surface area contributed by atoms with E-state index in [9.17, 15) is 9.59 Å². The van der Waals surface area contributed by atoms with Crippen molar-refractivity contribution in [1.29, 1.82) is 0 Å². The van der Waals surface area contributed by atoms with Gasteiger partial charge in [-0.3, -0.25) is 9.59 Å². The van der Waals surface area contributed by atoms with Gasteiger partial charge in [0.15, 0.2) is 28.8 Å². The molecule has 3 aromatic rings. The van der Waals surface area contributed by atoms with Crippen LogP contribution in [-0.4, -0.2) is 47.3 Å². The molecule has 1 atom stereocenters. The Morgan fingerprint density at radius 2 is 1.47 bits per heavy atom. The van der Waals surface area contributed by atoms with Gasteiger partial charge in [-0.15, -0.1) is 0 Å². The summed E-state index contributed by atoms with van der Waals surface area (Å²) in [5, 5.41) is 0. The molecule has 0 bridgehead atoms. The molecule has 38 heavy (non-hydrogen) atoms. The minimum atomic E-state index is -0.492. The molecule has 0 spiro atoms. The van der Waals surface area contributed by atoms with E-state index in [-0.39, 0.29) is 18.0 Å². The second-order valence-electron chi connectivity index (χ2n) is 8.57. The van der Waals surface area contributed by atoms with Gasteiger partial charge in [0.25, 0.3) is 0 Å². The largest absolute Gasteiger partial charge is 0.493 e. The zero-order chi connectivity index (χ0) is 27.0. The van der Waals surface area contributed by atoms with E-state index < -0.39 is 11.9 Å². The normalized spacial score (nSPS) is 16.8. The average Bonchev–Trinajstić information content (AvgIpc) is 3.25. The van der Waals surface area contributed by atoms with E-state index >= 15 is 0 Å². The molecule has 1 unspecified atom stereocenters. The topological polar surface area (TPSA) is 98.8 Å². The molecule has 5 rings (SSSR count). The molecule has 0 saturated heterocycles. The van der Waals surface area contributed by atoms with Crippen LogP contribution in [0.1, 0.15) is 39.4 Å². The van der Waals surface area contributed by atoms with E-state index in [0.29, 0.717) is 62.5 Å². The quantitative estimate of drug-likeness (QED) is 0.248. The van der Waals surface area contributed by atoms with Gasteiger partial charge < -0.3 is 33.2 Å². The molecule has 0 radical (unpaired) electrons. The predicted molar refractivity (Wildman–Crippen MR) is 137 cm³/mol. The van der Waals surface area contributed by atoms with Crippen LogP contribution in [0.3, 0.4) is 0 Å². The van der Waals surface area contributed by atoms with Crippen LogP contribution in [0.2, 0.25) is 0 Å². The third kappa shape index (κ3) is 4.06. The fourth-order valence-corrected chi connectivity index (χ4v) is 4.86. The van der Waals surface area contributed by atoms with Gasteiger partial charge in [-0.05, 0) is 42.0 Å². The fourth-order valence-electron chi connectivity index (χ4n) is 4.86. The lowest BCUT2D eigenvalue weighted by molar-refractivity contribution is -0.135. The molecule has 196 valence electrons. The van der Waals surface area contributed by atoms with E-state index in [2.05, 4.69) is 0 Å². The maximum atomic E-state index is 13.4. The van der Waals surface area contributed by atoms with Crippen LogP contribution in [0.5, 0.6) is 40.2 Å². The SMILES string of the molecule is COc1cccc(/C=C2\Oc3c(ccc4c3C(c3cc(OC)c(OC)c(OC)c3)CC(=O)O4)C2=O)c1OC. The van der Waals surface area contributed by atoms with Crippen LogP contribution in [0.25, 0.3) is 6.08 Å². The highest BCUT2D eigenvalue weighted by Gasteiger charge is 2.39. The van der Waals surface area contributed by atoms with Crippen molar-refractivity contribution < 1.29 is 42.7 Å². The molecule has 0 amide bonds. The van der Waals surface area contributed by atoms with Crippen molar-refractivity contribution in [2.45, 2.75) is 12.3 Å². The number of fused-ring (bicyclic) bond motifs is 3. The first-order chi connectivity index (χ1) is 18.4. The summed E-state index contributed by atoms with van der Waals surface area (Å²) in [5.41, 5.74) is 2.29. The van der Waals surface area contributed by atoms with E-state index in [1.54, 1.807) is 55.7 Å². The Hall–Kier alpha value is -4.66. The van der Waals surface area contributed by atoms with Gasteiger partial charge in [0.1, 0.15) is 11.5 Å². The number of esters is 1. The number of para-hydroxylation sites is 1. The Balaban J connectivity index is 1.63. The van der Waals surface area contributed by atoms with Gasteiger partial charge in [0.2, 0.25) is 11.5 Å². The van der Waals surface area contributed by atoms with Gasteiger partial charge in [-0.2, -0.15) is 0 Å². The Labute approximate surface area is 219 Å². The molecule has 0 fully saturated rings. The molecule has 0 aliphatic carbocycles. The number of rotatable bonds is 7. The molecule has 2 heterocycles. The molecule has 0 saturated carbocycles. The standard InChI is InChI=1S/C29H26O9/c1-32-20-8-6-7-15(27(20)35-4)11-21-26(31)17-9-10-19-25(28(17)38-21)18(14-24(30)37-19)16-12-22(33-2)29(36-5)23(13-16)34-3/h6-13,18H,14H2,1-5H3/b21-11-. The minimum Gasteiger partial charge on any atom is -0.493 e. The van der Waals surface area contributed by atoms with Crippen molar-refractivity contribution in [3.63, 3.8) is 0 Å². The van der Waals surface area contributed by atoms with Gasteiger partial charge in [0, 0.05) is 17.0 Å². The van der Waals surface area contributed by atoms with Crippen LogP contribution in [0.4, 0.5) is 0 Å². The van der Waals surface area contributed by atoms with Crippen molar-refractivity contribution >= 4 is 17.8 Å². The van der Waals surface area contributed by atoms with Crippen molar-refractivity contribution in [3.8, 4) is 40.2 Å². The third-order valence-corrected chi connectivity index (χ3v) is 6.59.